The molecule has 0 radical (unpaired) electrons. The number of nitrogens with one attached hydrogen (secondary N) is 1. The van der Waals surface area contributed by atoms with E-state index in [9.17, 15) is 18.0 Å². The molecule has 1 unspecified atom stereocenters. The molecule has 1 aromatic carbocycles. The smallest absolute Gasteiger partial charge is 0.303 e. The number of carboxylic acids is 1. The number of anilines is 1. The Morgan fingerprint density at radius 3 is 2.36 bits per heavy atom. The standard InChI is InChI=1S/C14H19NO6S/c1-10(22(2,19)20)14(18)15-11-5-7-12(8-6-11)21-9-3-4-13(16)17/h5-8,10H,3-4,9H2,1-2H3,(H,15,18)(H,16,17). The van der Waals surface area contributed by atoms with Gasteiger partial charge in [-0.25, -0.2) is 8.42 Å². The lowest BCUT2D eigenvalue weighted by molar-refractivity contribution is -0.137. The van der Waals surface area contributed by atoms with Gasteiger partial charge in [0.2, 0.25) is 5.91 Å². The molecule has 1 atom stereocenters. The zero-order chi connectivity index (χ0) is 16.8. The number of hydrogen-bond donors (Lipinski definition) is 2. The number of sulfone groups is 1. The summed E-state index contributed by atoms with van der Waals surface area (Å²) in [5.74, 6) is -0.932. The summed E-state index contributed by atoms with van der Waals surface area (Å²) in [6, 6.07) is 6.39. The summed E-state index contributed by atoms with van der Waals surface area (Å²) in [6.07, 6.45) is 1.45. The van der Waals surface area contributed by atoms with Crippen molar-refractivity contribution in [1.29, 1.82) is 0 Å². The average molecular weight is 329 g/mol. The topological polar surface area (TPSA) is 110 Å². The van der Waals surface area contributed by atoms with Crippen LogP contribution >= 0.6 is 0 Å². The van der Waals surface area contributed by atoms with Crippen molar-refractivity contribution in [1.82, 2.24) is 0 Å². The average Bonchev–Trinajstić information content (AvgIpc) is 2.43. The van der Waals surface area contributed by atoms with E-state index in [2.05, 4.69) is 5.32 Å². The molecule has 0 aliphatic carbocycles. The first-order valence-electron chi connectivity index (χ1n) is 6.64. The molecule has 1 aromatic rings. The van der Waals surface area contributed by atoms with Gasteiger partial charge in [0.25, 0.3) is 0 Å². The van der Waals surface area contributed by atoms with Crippen LogP contribution in [0.25, 0.3) is 0 Å². The van der Waals surface area contributed by atoms with Crippen LogP contribution < -0.4 is 10.1 Å². The van der Waals surface area contributed by atoms with Gasteiger partial charge in [-0.15, -0.1) is 0 Å². The van der Waals surface area contributed by atoms with Crippen molar-refractivity contribution in [3.63, 3.8) is 0 Å². The van der Waals surface area contributed by atoms with Crippen LogP contribution in [0.5, 0.6) is 5.75 Å². The van der Waals surface area contributed by atoms with E-state index in [4.69, 9.17) is 9.84 Å². The molecule has 0 aliphatic rings. The van der Waals surface area contributed by atoms with Gasteiger partial charge in [0.05, 0.1) is 6.61 Å². The maximum absolute atomic E-state index is 11.7. The van der Waals surface area contributed by atoms with E-state index in [-0.39, 0.29) is 13.0 Å². The quantitative estimate of drug-likeness (QED) is 0.696. The number of benzene rings is 1. The Balaban J connectivity index is 2.51. The minimum absolute atomic E-state index is 0.0392. The van der Waals surface area contributed by atoms with Gasteiger partial charge in [0, 0.05) is 18.4 Å². The molecule has 0 saturated carbocycles. The maximum Gasteiger partial charge on any atom is 0.303 e. The molecule has 0 aromatic heterocycles. The predicted octanol–water partition coefficient (Wildman–Crippen LogP) is 1.30. The second kappa shape index (κ2) is 7.79. The van der Waals surface area contributed by atoms with Crippen LogP contribution in [0.3, 0.4) is 0 Å². The first kappa shape index (κ1) is 18.0. The highest BCUT2D eigenvalue weighted by Crippen LogP contribution is 2.16. The summed E-state index contributed by atoms with van der Waals surface area (Å²) < 4.78 is 27.9. The third kappa shape index (κ3) is 6.13. The molecule has 1 rings (SSSR count). The largest absolute Gasteiger partial charge is 0.494 e. The normalized spacial score (nSPS) is 12.5. The Morgan fingerprint density at radius 1 is 1.27 bits per heavy atom. The first-order chi connectivity index (χ1) is 10.2. The summed E-state index contributed by atoms with van der Waals surface area (Å²) in [7, 11) is -3.44. The van der Waals surface area contributed by atoms with E-state index in [0.717, 1.165) is 6.26 Å². The second-order valence-corrected chi connectivity index (χ2v) is 7.20. The highest BCUT2D eigenvalue weighted by atomic mass is 32.2. The number of carbonyl (C=O) groups excluding carboxylic acids is 1. The molecule has 122 valence electrons. The maximum atomic E-state index is 11.7. The molecule has 0 heterocycles. The Bertz CT molecular complexity index is 623. The molecule has 7 nitrogen and oxygen atoms in total. The van der Waals surface area contributed by atoms with Crippen LogP contribution in [0.4, 0.5) is 5.69 Å². The summed E-state index contributed by atoms with van der Waals surface area (Å²) in [5, 5.41) is 9.88. The van der Waals surface area contributed by atoms with E-state index in [1.165, 1.54) is 6.92 Å². The van der Waals surface area contributed by atoms with Crippen molar-refractivity contribution in [2.75, 3.05) is 18.2 Å². The SMILES string of the molecule is CC(C(=O)Nc1ccc(OCCCC(=O)O)cc1)S(C)(=O)=O. The number of rotatable bonds is 8. The van der Waals surface area contributed by atoms with Gasteiger partial charge in [-0.05, 0) is 37.6 Å². The Hall–Kier alpha value is -2.09. The molecule has 0 spiro atoms. The zero-order valence-corrected chi connectivity index (χ0v) is 13.2. The molecule has 22 heavy (non-hydrogen) atoms. The van der Waals surface area contributed by atoms with E-state index >= 15 is 0 Å². The Morgan fingerprint density at radius 2 is 1.86 bits per heavy atom. The van der Waals surface area contributed by atoms with Crippen LogP contribution in [0, 0.1) is 0 Å². The summed E-state index contributed by atoms with van der Waals surface area (Å²) in [4.78, 5) is 22.1. The van der Waals surface area contributed by atoms with Crippen molar-refractivity contribution in [2.45, 2.75) is 25.0 Å². The van der Waals surface area contributed by atoms with Crippen molar-refractivity contribution < 1.29 is 27.9 Å². The molecule has 8 heteroatoms. The summed E-state index contributed by atoms with van der Waals surface area (Å²) in [6.45, 7) is 1.60. The summed E-state index contributed by atoms with van der Waals surface area (Å²) in [5.41, 5.74) is 0.457. The minimum atomic E-state index is -3.44. The highest BCUT2D eigenvalue weighted by Gasteiger charge is 2.23. The number of carboxylic acid groups (broad SMARTS) is 1. The van der Waals surface area contributed by atoms with Crippen molar-refractivity contribution >= 4 is 27.4 Å². The molecular formula is C14H19NO6S. The van der Waals surface area contributed by atoms with E-state index < -0.39 is 27.0 Å². The number of amides is 1. The van der Waals surface area contributed by atoms with Gasteiger partial charge in [-0.3, -0.25) is 9.59 Å². The third-order valence-corrected chi connectivity index (χ3v) is 4.44. The minimum Gasteiger partial charge on any atom is -0.494 e. The number of aliphatic carboxylic acids is 1. The zero-order valence-electron chi connectivity index (χ0n) is 12.4. The van der Waals surface area contributed by atoms with E-state index in [1.807, 2.05) is 0 Å². The van der Waals surface area contributed by atoms with Crippen LogP contribution in [-0.4, -0.2) is 43.5 Å². The fourth-order valence-corrected chi connectivity index (χ4v) is 1.93. The number of ether oxygens (including phenoxy) is 1. The van der Waals surface area contributed by atoms with E-state index in [0.29, 0.717) is 17.9 Å². The van der Waals surface area contributed by atoms with Gasteiger partial charge in [-0.1, -0.05) is 0 Å². The van der Waals surface area contributed by atoms with Crippen LogP contribution in [0.1, 0.15) is 19.8 Å². The van der Waals surface area contributed by atoms with Crippen LogP contribution in [-0.2, 0) is 19.4 Å². The lowest BCUT2D eigenvalue weighted by Crippen LogP contribution is -2.31. The van der Waals surface area contributed by atoms with Gasteiger partial charge < -0.3 is 15.2 Å². The molecule has 1 amide bonds. The number of carbonyl (C=O) groups is 2. The summed E-state index contributed by atoms with van der Waals surface area (Å²) >= 11 is 0. The third-order valence-electron chi connectivity index (χ3n) is 2.94. The molecule has 0 bridgehead atoms. The van der Waals surface area contributed by atoms with Gasteiger partial charge in [-0.2, -0.15) is 0 Å². The fraction of sp³-hybridized carbons (Fsp3) is 0.429. The second-order valence-electron chi connectivity index (χ2n) is 4.83. The van der Waals surface area contributed by atoms with Crippen LogP contribution in [0.15, 0.2) is 24.3 Å². The van der Waals surface area contributed by atoms with Crippen molar-refractivity contribution in [3.05, 3.63) is 24.3 Å². The van der Waals surface area contributed by atoms with E-state index in [1.54, 1.807) is 24.3 Å². The lowest BCUT2D eigenvalue weighted by atomic mass is 10.3. The first-order valence-corrected chi connectivity index (χ1v) is 8.60. The highest BCUT2D eigenvalue weighted by molar-refractivity contribution is 7.92. The van der Waals surface area contributed by atoms with Crippen molar-refractivity contribution in [2.24, 2.45) is 0 Å². The fourth-order valence-electron chi connectivity index (χ4n) is 1.49. The Kier molecular flexibility index (Phi) is 6.36. The molecular weight excluding hydrogens is 310 g/mol. The lowest BCUT2D eigenvalue weighted by Gasteiger charge is -2.11. The predicted molar refractivity (Wildman–Crippen MR) is 81.7 cm³/mol. The van der Waals surface area contributed by atoms with Crippen LogP contribution in [0.2, 0.25) is 0 Å². The molecule has 0 saturated heterocycles. The van der Waals surface area contributed by atoms with Gasteiger partial charge >= 0.3 is 5.97 Å². The number of hydrogen-bond acceptors (Lipinski definition) is 5. The Labute approximate surface area is 129 Å². The van der Waals surface area contributed by atoms with Gasteiger partial charge in [0.15, 0.2) is 9.84 Å². The van der Waals surface area contributed by atoms with Gasteiger partial charge in [0.1, 0.15) is 11.0 Å². The molecule has 0 fully saturated rings. The van der Waals surface area contributed by atoms with Crippen molar-refractivity contribution in [3.8, 4) is 5.75 Å². The molecule has 2 N–H and O–H groups in total. The monoisotopic (exact) mass is 329 g/mol. The molecule has 0 aliphatic heterocycles.